The molecule has 0 saturated carbocycles. The van der Waals surface area contributed by atoms with Gasteiger partial charge in [-0.15, -0.1) is 0 Å². The lowest BCUT2D eigenvalue weighted by atomic mass is 10.0. The van der Waals surface area contributed by atoms with Crippen LogP contribution in [0.2, 0.25) is 0 Å². The van der Waals surface area contributed by atoms with E-state index in [4.69, 9.17) is 0 Å². The fourth-order valence-electron chi connectivity index (χ4n) is 4.49. The van der Waals surface area contributed by atoms with Crippen LogP contribution in [0.1, 0.15) is 41.3 Å². The van der Waals surface area contributed by atoms with Crippen LogP contribution < -0.4 is 0 Å². The van der Waals surface area contributed by atoms with E-state index in [9.17, 15) is 13.2 Å². The summed E-state index contributed by atoms with van der Waals surface area (Å²) < 4.78 is 27.9. The van der Waals surface area contributed by atoms with Gasteiger partial charge in [0.15, 0.2) is 0 Å². The maximum atomic E-state index is 13.3. The summed E-state index contributed by atoms with van der Waals surface area (Å²) in [5.41, 5.74) is 2.58. The van der Waals surface area contributed by atoms with Gasteiger partial charge in [0.25, 0.3) is 5.91 Å². The first-order valence-corrected chi connectivity index (χ1v) is 12.9. The quantitative estimate of drug-likeness (QED) is 0.694. The molecule has 4 rings (SSSR count). The Morgan fingerprint density at radius 2 is 1.59 bits per heavy atom. The number of amides is 1. The molecule has 2 aromatic rings. The minimum absolute atomic E-state index is 0.0776. The van der Waals surface area contributed by atoms with Gasteiger partial charge in [-0.2, -0.15) is 4.31 Å². The molecular weight excluding hydrogens is 422 g/mol. The van der Waals surface area contributed by atoms with E-state index < -0.39 is 10.0 Å². The largest absolute Gasteiger partial charge is 0.336 e. The van der Waals surface area contributed by atoms with E-state index in [1.54, 1.807) is 22.5 Å². The second-order valence-electron chi connectivity index (χ2n) is 9.12. The average molecular weight is 456 g/mol. The van der Waals surface area contributed by atoms with E-state index in [2.05, 4.69) is 24.0 Å². The Morgan fingerprint density at radius 3 is 2.25 bits per heavy atom. The van der Waals surface area contributed by atoms with Crippen molar-refractivity contribution in [1.29, 1.82) is 0 Å². The lowest BCUT2D eigenvalue weighted by Gasteiger charge is -2.35. The van der Waals surface area contributed by atoms with Gasteiger partial charge in [0.05, 0.1) is 4.90 Å². The molecule has 0 aliphatic carbocycles. The molecule has 2 aliphatic rings. The first-order valence-electron chi connectivity index (χ1n) is 11.5. The number of piperidine rings is 1. The van der Waals surface area contributed by atoms with Crippen LogP contribution in [0.4, 0.5) is 0 Å². The molecule has 0 unspecified atom stereocenters. The van der Waals surface area contributed by atoms with Crippen LogP contribution in [0.25, 0.3) is 0 Å². The fraction of sp³-hybridized carbons (Fsp3) is 0.480. The van der Waals surface area contributed by atoms with E-state index >= 15 is 0 Å². The van der Waals surface area contributed by atoms with E-state index in [1.807, 2.05) is 30.0 Å². The van der Waals surface area contributed by atoms with E-state index in [-0.39, 0.29) is 10.8 Å². The summed E-state index contributed by atoms with van der Waals surface area (Å²) in [6.45, 7) is 8.91. The third-order valence-corrected chi connectivity index (χ3v) is 8.62. The van der Waals surface area contributed by atoms with Gasteiger partial charge in [0.1, 0.15) is 0 Å². The molecule has 172 valence electrons. The molecule has 0 N–H and O–H groups in total. The van der Waals surface area contributed by atoms with Crippen molar-refractivity contribution in [2.75, 3.05) is 39.3 Å². The number of piperazine rings is 1. The summed E-state index contributed by atoms with van der Waals surface area (Å²) >= 11 is 0. The highest BCUT2D eigenvalue weighted by atomic mass is 32.2. The van der Waals surface area contributed by atoms with Gasteiger partial charge in [-0.3, -0.25) is 9.69 Å². The van der Waals surface area contributed by atoms with Gasteiger partial charge in [-0.1, -0.05) is 43.3 Å². The third kappa shape index (κ3) is 5.05. The van der Waals surface area contributed by atoms with Crippen LogP contribution >= 0.6 is 0 Å². The molecule has 6 nitrogen and oxygen atoms in total. The lowest BCUT2D eigenvalue weighted by Crippen LogP contribution is -2.48. The molecule has 2 heterocycles. The Balaban J connectivity index is 1.44. The molecule has 0 radical (unpaired) electrons. The molecule has 2 aliphatic heterocycles. The van der Waals surface area contributed by atoms with Crippen LogP contribution in [0.3, 0.4) is 0 Å². The van der Waals surface area contributed by atoms with Gasteiger partial charge < -0.3 is 4.90 Å². The monoisotopic (exact) mass is 455 g/mol. The highest BCUT2D eigenvalue weighted by Crippen LogP contribution is 2.25. The molecule has 7 heteroatoms. The van der Waals surface area contributed by atoms with Crippen LogP contribution in [-0.2, 0) is 16.6 Å². The number of aryl methyl sites for hydroxylation is 1. The van der Waals surface area contributed by atoms with Crippen molar-refractivity contribution in [3.63, 3.8) is 0 Å². The number of sulfonamides is 1. The number of hydrogen-bond donors (Lipinski definition) is 0. The molecule has 2 aromatic carbocycles. The highest BCUT2D eigenvalue weighted by Gasteiger charge is 2.30. The van der Waals surface area contributed by atoms with Gasteiger partial charge >= 0.3 is 0 Å². The zero-order valence-electron chi connectivity index (χ0n) is 19.0. The zero-order valence-corrected chi connectivity index (χ0v) is 19.9. The van der Waals surface area contributed by atoms with E-state index in [1.165, 1.54) is 5.56 Å². The number of carbonyl (C=O) groups excluding carboxylic acids is 1. The lowest BCUT2D eigenvalue weighted by molar-refractivity contribution is 0.0627. The normalized spacial score (nSPS) is 19.2. The summed E-state index contributed by atoms with van der Waals surface area (Å²) in [4.78, 5) is 17.7. The van der Waals surface area contributed by atoms with E-state index in [0.29, 0.717) is 37.7 Å². The van der Waals surface area contributed by atoms with Crippen molar-refractivity contribution in [3.8, 4) is 0 Å². The van der Waals surface area contributed by atoms with Crippen LogP contribution in [0.5, 0.6) is 0 Å². The Hall–Kier alpha value is -2.22. The number of carbonyl (C=O) groups is 1. The first kappa shape index (κ1) is 23.0. The number of rotatable bonds is 5. The average Bonchev–Trinajstić information content (AvgIpc) is 2.80. The van der Waals surface area contributed by atoms with E-state index in [0.717, 1.165) is 38.0 Å². The summed E-state index contributed by atoms with van der Waals surface area (Å²) in [6, 6.07) is 15.3. The fourth-order valence-corrected chi connectivity index (χ4v) is 5.98. The number of hydrogen-bond acceptors (Lipinski definition) is 4. The summed E-state index contributed by atoms with van der Waals surface area (Å²) in [5, 5.41) is 0. The summed E-state index contributed by atoms with van der Waals surface area (Å²) in [7, 11) is -3.58. The molecule has 2 fully saturated rings. The summed E-state index contributed by atoms with van der Waals surface area (Å²) in [6.07, 6.45) is 1.76. The zero-order chi connectivity index (χ0) is 22.7. The molecule has 2 saturated heterocycles. The molecule has 1 amide bonds. The Labute approximate surface area is 191 Å². The molecule has 0 atom stereocenters. The maximum Gasteiger partial charge on any atom is 0.254 e. The van der Waals surface area contributed by atoms with Crippen LogP contribution in [0.15, 0.2) is 53.4 Å². The predicted octanol–water partition coefficient (Wildman–Crippen LogP) is 3.37. The molecule has 32 heavy (non-hydrogen) atoms. The van der Waals surface area contributed by atoms with Crippen molar-refractivity contribution < 1.29 is 13.2 Å². The number of benzene rings is 2. The van der Waals surface area contributed by atoms with Crippen LogP contribution in [0, 0.1) is 12.8 Å². The Bertz CT molecular complexity index is 1040. The van der Waals surface area contributed by atoms with Crippen LogP contribution in [-0.4, -0.2) is 67.7 Å². The first-order chi connectivity index (χ1) is 15.3. The van der Waals surface area contributed by atoms with Crippen molar-refractivity contribution >= 4 is 15.9 Å². The topological polar surface area (TPSA) is 60.9 Å². The molecule has 0 bridgehead atoms. The molecule has 0 aromatic heterocycles. The van der Waals surface area contributed by atoms with Gasteiger partial charge in [0, 0.05) is 51.4 Å². The second kappa shape index (κ2) is 9.73. The van der Waals surface area contributed by atoms with Crippen molar-refractivity contribution in [1.82, 2.24) is 14.1 Å². The predicted molar refractivity (Wildman–Crippen MR) is 126 cm³/mol. The van der Waals surface area contributed by atoms with Gasteiger partial charge in [-0.05, 0) is 48.9 Å². The van der Waals surface area contributed by atoms with Crippen molar-refractivity contribution in [2.45, 2.75) is 38.1 Å². The van der Waals surface area contributed by atoms with Gasteiger partial charge in [-0.25, -0.2) is 8.42 Å². The summed E-state index contributed by atoms with van der Waals surface area (Å²) in [5.74, 6) is 0.475. The maximum absolute atomic E-state index is 13.3. The minimum atomic E-state index is -3.58. The highest BCUT2D eigenvalue weighted by molar-refractivity contribution is 7.89. The Morgan fingerprint density at radius 1 is 0.938 bits per heavy atom. The SMILES string of the molecule is Cc1ccc(S(=O)(=O)N2CCC(C)CC2)cc1C(=O)N1CCN(Cc2ccccc2)CC1. The van der Waals surface area contributed by atoms with Gasteiger partial charge in [0.2, 0.25) is 10.0 Å². The number of nitrogens with zero attached hydrogens (tertiary/aromatic N) is 3. The standard InChI is InChI=1S/C25H33N3O3S/c1-20-10-12-28(13-11-20)32(30,31)23-9-8-21(2)24(18-23)25(29)27-16-14-26(15-17-27)19-22-6-4-3-5-7-22/h3-9,18,20H,10-17,19H2,1-2H3. The van der Waals surface area contributed by atoms with Crippen molar-refractivity contribution in [2.24, 2.45) is 5.92 Å². The third-order valence-electron chi connectivity index (χ3n) is 6.73. The minimum Gasteiger partial charge on any atom is -0.336 e. The second-order valence-corrected chi connectivity index (χ2v) is 11.1. The molecule has 0 spiro atoms. The molecular formula is C25H33N3O3S. The smallest absolute Gasteiger partial charge is 0.254 e. The Kier molecular flexibility index (Phi) is 6.98. The van der Waals surface area contributed by atoms with Crippen molar-refractivity contribution in [3.05, 3.63) is 65.2 Å².